The normalized spacial score (nSPS) is 14.7. The van der Waals surface area contributed by atoms with E-state index in [-0.39, 0.29) is 6.61 Å². The molecule has 106 valence electrons. The van der Waals surface area contributed by atoms with Crippen LogP contribution in [0.5, 0.6) is 0 Å². The number of hydrogen-bond acceptors (Lipinski definition) is 5. The lowest BCUT2D eigenvalue weighted by Crippen LogP contribution is -2.08. The molecule has 0 amide bonds. The fourth-order valence-corrected chi connectivity index (χ4v) is 2.76. The maximum atomic E-state index is 8.88. The number of aliphatic hydroxyl groups is 1. The molecule has 0 atom stereocenters. The second kappa shape index (κ2) is 7.10. The first kappa shape index (κ1) is 14.6. The summed E-state index contributed by atoms with van der Waals surface area (Å²) in [4.78, 5) is 9.38. The van der Waals surface area contributed by atoms with Crippen LogP contribution in [0.15, 0.2) is 5.03 Å². The third-order valence-corrected chi connectivity index (χ3v) is 4.31. The number of nitrogens with zero attached hydrogens (tertiary/aromatic N) is 2. The Morgan fingerprint density at radius 2 is 2.16 bits per heavy atom. The van der Waals surface area contributed by atoms with E-state index in [9.17, 15) is 0 Å². The number of rotatable bonds is 8. The van der Waals surface area contributed by atoms with Crippen LogP contribution in [0.25, 0.3) is 0 Å². The Bertz CT molecular complexity index is 421. The minimum Gasteiger partial charge on any atom is -0.396 e. The molecule has 0 aromatic carbocycles. The summed E-state index contributed by atoms with van der Waals surface area (Å²) >= 11 is 1.73. The Balaban J connectivity index is 2.16. The van der Waals surface area contributed by atoms with Gasteiger partial charge in [0.1, 0.15) is 16.7 Å². The first-order valence-corrected chi connectivity index (χ1v) is 8.10. The Morgan fingerprint density at radius 3 is 2.79 bits per heavy atom. The molecule has 1 aliphatic carbocycles. The van der Waals surface area contributed by atoms with E-state index >= 15 is 0 Å². The van der Waals surface area contributed by atoms with Crippen molar-refractivity contribution < 1.29 is 5.11 Å². The van der Waals surface area contributed by atoms with Gasteiger partial charge in [0, 0.05) is 30.4 Å². The smallest absolute Gasteiger partial charge is 0.135 e. The fraction of sp³-hybridized carbons (Fsp3) is 0.714. The maximum absolute atomic E-state index is 8.88. The SMILES string of the molecule is CCCNc1nc(C2CC2)nc(SCCCO)c1C. The van der Waals surface area contributed by atoms with Gasteiger partial charge in [-0.25, -0.2) is 9.97 Å². The lowest BCUT2D eigenvalue weighted by Gasteiger charge is -2.13. The highest BCUT2D eigenvalue weighted by Gasteiger charge is 2.28. The summed E-state index contributed by atoms with van der Waals surface area (Å²) < 4.78 is 0. The summed E-state index contributed by atoms with van der Waals surface area (Å²) in [5.41, 5.74) is 1.14. The van der Waals surface area contributed by atoms with Crippen molar-refractivity contribution in [3.8, 4) is 0 Å². The molecule has 4 nitrogen and oxygen atoms in total. The maximum Gasteiger partial charge on any atom is 0.135 e. The van der Waals surface area contributed by atoms with Crippen LogP contribution in [0.3, 0.4) is 0 Å². The first-order chi connectivity index (χ1) is 9.26. The number of hydrogen-bond donors (Lipinski definition) is 2. The fourth-order valence-electron chi connectivity index (χ4n) is 1.83. The molecule has 0 radical (unpaired) electrons. The van der Waals surface area contributed by atoms with E-state index in [0.29, 0.717) is 5.92 Å². The van der Waals surface area contributed by atoms with Crippen LogP contribution in [0, 0.1) is 6.92 Å². The van der Waals surface area contributed by atoms with Gasteiger partial charge >= 0.3 is 0 Å². The molecule has 0 spiro atoms. The van der Waals surface area contributed by atoms with Gasteiger partial charge in [-0.3, -0.25) is 0 Å². The van der Waals surface area contributed by atoms with Gasteiger partial charge < -0.3 is 10.4 Å². The average Bonchev–Trinajstić information content (AvgIpc) is 3.24. The van der Waals surface area contributed by atoms with Crippen LogP contribution < -0.4 is 5.32 Å². The van der Waals surface area contributed by atoms with Crippen LogP contribution in [0.1, 0.15) is 49.9 Å². The van der Waals surface area contributed by atoms with Crippen LogP contribution in [0.4, 0.5) is 5.82 Å². The van der Waals surface area contributed by atoms with Gasteiger partial charge in [0.05, 0.1) is 0 Å². The molecule has 1 aromatic rings. The molecule has 1 saturated carbocycles. The Labute approximate surface area is 119 Å². The van der Waals surface area contributed by atoms with Crippen molar-refractivity contribution in [2.24, 2.45) is 0 Å². The molecule has 0 saturated heterocycles. The highest BCUT2D eigenvalue weighted by Crippen LogP contribution is 2.40. The molecule has 0 aliphatic heterocycles. The molecule has 2 rings (SSSR count). The third kappa shape index (κ3) is 4.08. The van der Waals surface area contributed by atoms with Crippen LogP contribution in [0.2, 0.25) is 0 Å². The van der Waals surface area contributed by atoms with Crippen LogP contribution in [-0.2, 0) is 0 Å². The molecular formula is C14H23N3OS. The number of anilines is 1. The Kier molecular flexibility index (Phi) is 5.45. The first-order valence-electron chi connectivity index (χ1n) is 7.12. The molecule has 1 fully saturated rings. The molecule has 2 N–H and O–H groups in total. The summed E-state index contributed by atoms with van der Waals surface area (Å²) in [5.74, 6) is 3.46. The van der Waals surface area contributed by atoms with Gasteiger partial charge in [-0.2, -0.15) is 0 Å². The predicted molar refractivity (Wildman–Crippen MR) is 80.0 cm³/mol. The predicted octanol–water partition coefficient (Wildman–Crippen LogP) is 2.96. The molecule has 0 bridgehead atoms. The largest absolute Gasteiger partial charge is 0.396 e. The minimum absolute atomic E-state index is 0.244. The Morgan fingerprint density at radius 1 is 1.37 bits per heavy atom. The quantitative estimate of drug-likeness (QED) is 0.436. The number of aromatic nitrogens is 2. The second-order valence-electron chi connectivity index (χ2n) is 4.99. The average molecular weight is 281 g/mol. The van der Waals surface area contributed by atoms with Crippen molar-refractivity contribution in [1.82, 2.24) is 9.97 Å². The monoisotopic (exact) mass is 281 g/mol. The standard InChI is InChI=1S/C14H23N3OS/c1-3-7-15-12-10(2)14(19-9-4-8-18)17-13(16-12)11-5-6-11/h11,18H,3-9H2,1-2H3,(H,15,16,17). The lowest BCUT2D eigenvalue weighted by molar-refractivity contribution is 0.296. The molecule has 19 heavy (non-hydrogen) atoms. The van der Waals surface area contributed by atoms with Crippen molar-refractivity contribution in [1.29, 1.82) is 0 Å². The van der Waals surface area contributed by atoms with Crippen LogP contribution in [-0.4, -0.2) is 34.0 Å². The molecule has 1 aromatic heterocycles. The summed E-state index contributed by atoms with van der Waals surface area (Å²) in [6.07, 6.45) is 4.34. The van der Waals surface area contributed by atoms with E-state index in [0.717, 1.165) is 47.4 Å². The minimum atomic E-state index is 0.244. The zero-order chi connectivity index (χ0) is 13.7. The van der Waals surface area contributed by atoms with Crippen molar-refractivity contribution in [3.05, 3.63) is 11.4 Å². The molecule has 5 heteroatoms. The van der Waals surface area contributed by atoms with Crippen LogP contribution >= 0.6 is 11.8 Å². The summed E-state index contributed by atoms with van der Waals surface area (Å²) in [6, 6.07) is 0. The second-order valence-corrected chi connectivity index (χ2v) is 6.07. The van der Waals surface area contributed by atoms with Gasteiger partial charge in [-0.1, -0.05) is 6.92 Å². The third-order valence-electron chi connectivity index (χ3n) is 3.14. The van der Waals surface area contributed by atoms with Crippen molar-refractivity contribution >= 4 is 17.6 Å². The zero-order valence-electron chi connectivity index (χ0n) is 11.8. The van der Waals surface area contributed by atoms with E-state index < -0.39 is 0 Å². The number of aliphatic hydroxyl groups excluding tert-OH is 1. The van der Waals surface area contributed by atoms with E-state index in [4.69, 9.17) is 10.1 Å². The Hall–Kier alpha value is -0.810. The molecule has 0 unspecified atom stereocenters. The number of nitrogens with one attached hydrogen (secondary N) is 1. The molecular weight excluding hydrogens is 258 g/mol. The van der Waals surface area contributed by atoms with E-state index in [1.165, 1.54) is 12.8 Å². The van der Waals surface area contributed by atoms with Gasteiger partial charge in [0.2, 0.25) is 0 Å². The lowest BCUT2D eigenvalue weighted by atomic mass is 10.3. The van der Waals surface area contributed by atoms with Gasteiger partial charge in [0.25, 0.3) is 0 Å². The number of thioether (sulfide) groups is 1. The van der Waals surface area contributed by atoms with Gasteiger partial charge in [-0.15, -0.1) is 11.8 Å². The molecule has 1 heterocycles. The van der Waals surface area contributed by atoms with E-state index in [2.05, 4.69) is 24.1 Å². The summed E-state index contributed by atoms with van der Waals surface area (Å²) in [5, 5.41) is 13.4. The van der Waals surface area contributed by atoms with Crippen molar-refractivity contribution in [2.45, 2.75) is 50.5 Å². The van der Waals surface area contributed by atoms with Gasteiger partial charge in [-0.05, 0) is 32.6 Å². The molecule has 1 aliphatic rings. The highest BCUT2D eigenvalue weighted by atomic mass is 32.2. The van der Waals surface area contributed by atoms with Crippen molar-refractivity contribution in [3.63, 3.8) is 0 Å². The van der Waals surface area contributed by atoms with E-state index in [1.54, 1.807) is 11.8 Å². The van der Waals surface area contributed by atoms with Crippen molar-refractivity contribution in [2.75, 3.05) is 24.2 Å². The van der Waals surface area contributed by atoms with Gasteiger partial charge in [0.15, 0.2) is 0 Å². The summed E-state index contributed by atoms with van der Waals surface area (Å²) in [7, 11) is 0. The van der Waals surface area contributed by atoms with E-state index in [1.807, 2.05) is 0 Å². The zero-order valence-corrected chi connectivity index (χ0v) is 12.6. The summed E-state index contributed by atoms with van der Waals surface area (Å²) in [6.45, 7) is 5.43. The highest BCUT2D eigenvalue weighted by molar-refractivity contribution is 7.99. The topological polar surface area (TPSA) is 58.0 Å².